The maximum Gasteiger partial charge on any atom is -0.0206 e. The van der Waals surface area contributed by atoms with Crippen molar-refractivity contribution in [1.29, 1.82) is 0 Å². The van der Waals surface area contributed by atoms with Gasteiger partial charge in [-0.25, -0.2) is 0 Å². The van der Waals surface area contributed by atoms with E-state index in [1.165, 1.54) is 11.3 Å². The van der Waals surface area contributed by atoms with E-state index in [1.807, 2.05) is 0 Å². The minimum atomic E-state index is 0.447. The van der Waals surface area contributed by atoms with E-state index < -0.39 is 0 Å². The lowest BCUT2D eigenvalue weighted by Crippen LogP contribution is -2.09. The summed E-state index contributed by atoms with van der Waals surface area (Å²) in [6.45, 7) is 5.08. The highest BCUT2D eigenvalue weighted by Crippen LogP contribution is 2.55. The minimum absolute atomic E-state index is 0.447. The highest BCUT2D eigenvalue weighted by molar-refractivity contribution is 7.59. The van der Waals surface area contributed by atoms with Crippen LogP contribution >= 0.6 is 15.8 Å². The predicted molar refractivity (Wildman–Crippen MR) is 66.1 cm³/mol. The van der Waals surface area contributed by atoms with Crippen molar-refractivity contribution in [3.8, 4) is 0 Å². The Morgan fingerprint density at radius 1 is 0.923 bits per heavy atom. The zero-order valence-corrected chi connectivity index (χ0v) is 10.8. The molecule has 2 fully saturated rings. The Bertz CT molecular complexity index is 151. The van der Waals surface area contributed by atoms with Crippen molar-refractivity contribution in [2.45, 2.75) is 43.4 Å². The maximum atomic E-state index is 2.54. The van der Waals surface area contributed by atoms with E-state index >= 15 is 0 Å². The van der Waals surface area contributed by atoms with Gasteiger partial charge in [-0.1, -0.05) is 0 Å². The van der Waals surface area contributed by atoms with Crippen LogP contribution in [-0.4, -0.2) is 37.0 Å². The monoisotopic (exact) mass is 216 g/mol. The molecule has 4 atom stereocenters. The molecule has 0 aromatic carbocycles. The largest absolute Gasteiger partial charge is 0.107 e. The first-order valence-corrected chi connectivity index (χ1v) is 9.76. The molecular weight excluding hydrogens is 194 g/mol. The van der Waals surface area contributed by atoms with Crippen molar-refractivity contribution in [3.05, 3.63) is 0 Å². The third-order valence-electron chi connectivity index (χ3n) is 3.89. The van der Waals surface area contributed by atoms with Gasteiger partial charge in [0, 0.05) is 0 Å². The summed E-state index contributed by atoms with van der Waals surface area (Å²) in [5, 5.41) is 0. The van der Waals surface area contributed by atoms with E-state index in [9.17, 15) is 0 Å². The summed E-state index contributed by atoms with van der Waals surface area (Å²) in [5.74, 6) is 0. The average Bonchev–Trinajstić information content (AvgIpc) is 2.65. The van der Waals surface area contributed by atoms with Gasteiger partial charge in [-0.05, 0) is 69.1 Å². The van der Waals surface area contributed by atoms with Crippen LogP contribution in [0.4, 0.5) is 0 Å². The molecule has 2 aliphatic heterocycles. The lowest BCUT2D eigenvalue weighted by atomic mass is 10.1. The maximum absolute atomic E-state index is 2.54. The van der Waals surface area contributed by atoms with Crippen LogP contribution in [0.1, 0.15) is 32.1 Å². The molecule has 0 saturated carbocycles. The van der Waals surface area contributed by atoms with Gasteiger partial charge in [-0.15, -0.1) is 15.8 Å². The number of hydrogen-bond donors (Lipinski definition) is 0. The zero-order valence-electron chi connectivity index (χ0n) is 9.00. The predicted octanol–water partition coefficient (Wildman–Crippen LogP) is 3.92. The lowest BCUT2D eigenvalue weighted by molar-refractivity contribution is 0.658. The molecule has 2 heteroatoms. The van der Waals surface area contributed by atoms with E-state index in [0.29, 0.717) is 15.8 Å². The SMILES string of the molecule is C[P@@]1CCC[C@@H]1C[C@H]1CCC[P@]1C. The van der Waals surface area contributed by atoms with Crippen molar-refractivity contribution >= 4 is 15.8 Å². The topological polar surface area (TPSA) is 0 Å². The summed E-state index contributed by atoms with van der Waals surface area (Å²) in [6.07, 6.45) is 11.0. The fourth-order valence-corrected chi connectivity index (χ4v) is 7.60. The first kappa shape index (κ1) is 10.4. The summed E-state index contributed by atoms with van der Waals surface area (Å²) in [4.78, 5) is 0. The number of hydrogen-bond acceptors (Lipinski definition) is 0. The molecule has 76 valence electrons. The third kappa shape index (κ3) is 2.45. The van der Waals surface area contributed by atoms with Crippen LogP contribution < -0.4 is 0 Å². The van der Waals surface area contributed by atoms with Gasteiger partial charge < -0.3 is 0 Å². The van der Waals surface area contributed by atoms with Crippen LogP contribution in [0.15, 0.2) is 0 Å². The average molecular weight is 216 g/mol. The third-order valence-corrected chi connectivity index (χ3v) is 9.36. The van der Waals surface area contributed by atoms with E-state index in [-0.39, 0.29) is 0 Å². The molecule has 2 rings (SSSR count). The first-order chi connectivity index (χ1) is 6.27. The molecular formula is C11H22P2. The number of rotatable bonds is 2. The second-order valence-electron chi connectivity index (χ2n) is 4.79. The van der Waals surface area contributed by atoms with Crippen molar-refractivity contribution in [2.75, 3.05) is 25.7 Å². The molecule has 0 aliphatic carbocycles. The summed E-state index contributed by atoms with van der Waals surface area (Å²) in [6, 6.07) is 0. The van der Waals surface area contributed by atoms with Gasteiger partial charge in [0.15, 0.2) is 0 Å². The molecule has 0 spiro atoms. The Kier molecular flexibility index (Phi) is 3.66. The van der Waals surface area contributed by atoms with E-state index in [4.69, 9.17) is 0 Å². The molecule has 0 unspecified atom stereocenters. The van der Waals surface area contributed by atoms with E-state index in [2.05, 4.69) is 13.3 Å². The van der Waals surface area contributed by atoms with Crippen LogP contribution in [0.5, 0.6) is 0 Å². The van der Waals surface area contributed by atoms with Gasteiger partial charge in [0.05, 0.1) is 0 Å². The molecule has 0 nitrogen and oxygen atoms in total. The molecule has 0 N–H and O–H groups in total. The van der Waals surface area contributed by atoms with Gasteiger partial charge in [0.2, 0.25) is 0 Å². The smallest absolute Gasteiger partial charge is 0.0206 e. The quantitative estimate of drug-likeness (QED) is 0.613. The highest BCUT2D eigenvalue weighted by Gasteiger charge is 2.30. The molecule has 0 amide bonds. The second kappa shape index (κ2) is 4.59. The molecule has 2 saturated heterocycles. The second-order valence-corrected chi connectivity index (χ2v) is 10.2. The Hall–Kier alpha value is 0.860. The van der Waals surface area contributed by atoms with Crippen LogP contribution in [-0.2, 0) is 0 Å². The highest BCUT2D eigenvalue weighted by atomic mass is 31.1. The minimum Gasteiger partial charge on any atom is -0.107 e. The fourth-order valence-electron chi connectivity index (χ4n) is 2.87. The van der Waals surface area contributed by atoms with Crippen molar-refractivity contribution in [2.24, 2.45) is 0 Å². The lowest BCUT2D eigenvalue weighted by Gasteiger charge is -2.23. The molecule has 0 aromatic heterocycles. The zero-order chi connectivity index (χ0) is 9.26. The Morgan fingerprint density at radius 2 is 1.38 bits per heavy atom. The Balaban J connectivity index is 1.82. The van der Waals surface area contributed by atoms with Gasteiger partial charge in [0.25, 0.3) is 0 Å². The Morgan fingerprint density at radius 3 is 1.69 bits per heavy atom. The van der Waals surface area contributed by atoms with Gasteiger partial charge in [-0.2, -0.15) is 0 Å². The molecule has 2 aliphatic rings. The summed E-state index contributed by atoms with van der Waals surface area (Å²) in [7, 11) is 0.893. The standard InChI is InChI=1S/C11H22P2/c1-12-7-3-5-10(12)9-11-6-4-8-13(11)2/h10-11H,3-9H2,1-2H3/t10-,11-,12+,13+/m1/s1. The van der Waals surface area contributed by atoms with Crippen LogP contribution in [0, 0.1) is 0 Å². The normalized spacial score (nSPS) is 45.7. The summed E-state index contributed by atoms with van der Waals surface area (Å²) in [5.41, 5.74) is 2.34. The van der Waals surface area contributed by atoms with Crippen molar-refractivity contribution < 1.29 is 0 Å². The van der Waals surface area contributed by atoms with Crippen LogP contribution in [0.3, 0.4) is 0 Å². The summed E-state index contributed by atoms with van der Waals surface area (Å²) >= 11 is 0. The molecule has 0 aromatic rings. The van der Waals surface area contributed by atoms with Crippen molar-refractivity contribution in [3.63, 3.8) is 0 Å². The van der Waals surface area contributed by atoms with E-state index in [0.717, 1.165) is 0 Å². The first-order valence-electron chi connectivity index (χ1n) is 5.68. The van der Waals surface area contributed by atoms with Gasteiger partial charge >= 0.3 is 0 Å². The Labute approximate surface area is 85.4 Å². The van der Waals surface area contributed by atoms with E-state index in [1.54, 1.807) is 44.4 Å². The molecule has 13 heavy (non-hydrogen) atoms. The van der Waals surface area contributed by atoms with Crippen LogP contribution in [0.2, 0.25) is 0 Å². The van der Waals surface area contributed by atoms with Crippen molar-refractivity contribution in [1.82, 2.24) is 0 Å². The van der Waals surface area contributed by atoms with Gasteiger partial charge in [0.1, 0.15) is 0 Å². The molecule has 0 bridgehead atoms. The molecule has 2 heterocycles. The van der Waals surface area contributed by atoms with Gasteiger partial charge in [-0.3, -0.25) is 0 Å². The molecule has 0 radical (unpaired) electrons. The fraction of sp³-hybridized carbons (Fsp3) is 1.00. The van der Waals surface area contributed by atoms with Crippen LogP contribution in [0.25, 0.3) is 0 Å². The summed E-state index contributed by atoms with van der Waals surface area (Å²) < 4.78 is 0.